The minimum absolute atomic E-state index is 0.00825. The van der Waals surface area contributed by atoms with Gasteiger partial charge in [0.25, 0.3) is 0 Å². The first-order valence-electron chi connectivity index (χ1n) is 18.0. The van der Waals surface area contributed by atoms with Gasteiger partial charge in [-0.1, -0.05) is 33.3 Å². The molecule has 0 aliphatic heterocycles. The van der Waals surface area contributed by atoms with Crippen LogP contribution in [0.2, 0.25) is 0 Å². The van der Waals surface area contributed by atoms with Gasteiger partial charge in [-0.3, -0.25) is 4.79 Å². The molecule has 0 radical (unpaired) electrons. The molecule has 0 rings (SSSR count). The summed E-state index contributed by atoms with van der Waals surface area (Å²) in [6, 6.07) is 0. The minimum Gasteiger partial charge on any atom is -0.463 e. The van der Waals surface area contributed by atoms with Gasteiger partial charge in [0.15, 0.2) is 0 Å². The van der Waals surface area contributed by atoms with Crippen molar-refractivity contribution in [2.75, 3.05) is 159 Å². The maximum atomic E-state index is 12.0. The Labute approximate surface area is 299 Å². The van der Waals surface area contributed by atoms with Crippen molar-refractivity contribution in [2.24, 2.45) is 5.92 Å². The summed E-state index contributed by atoms with van der Waals surface area (Å²) < 4.78 is 69.9. The van der Waals surface area contributed by atoms with Crippen LogP contribution < -0.4 is 0 Å². The zero-order chi connectivity index (χ0) is 36.4. The van der Waals surface area contributed by atoms with Gasteiger partial charge >= 0.3 is 11.9 Å². The summed E-state index contributed by atoms with van der Waals surface area (Å²) in [7, 11) is 0. The number of rotatable bonds is 42. The second-order valence-electron chi connectivity index (χ2n) is 10.5. The van der Waals surface area contributed by atoms with Crippen molar-refractivity contribution in [3.63, 3.8) is 0 Å². The van der Waals surface area contributed by atoms with E-state index in [1.807, 2.05) is 6.92 Å². The normalized spacial score (nSPS) is 11.9. The van der Waals surface area contributed by atoms with Crippen molar-refractivity contribution in [1.82, 2.24) is 0 Å². The second kappa shape index (κ2) is 41.7. The molecule has 0 aliphatic carbocycles. The fraction of sp³-hybridized carbons (Fsp3) is 0.886. The Kier molecular flexibility index (Phi) is 40.2. The number of unbranched alkanes of at least 4 members (excludes halogenated alkanes) is 1. The number of carbonyl (C=O) groups excluding carboxylic acids is 2. The molecule has 0 spiro atoms. The molecule has 15 heteroatoms. The van der Waals surface area contributed by atoms with Crippen LogP contribution in [0.1, 0.15) is 39.5 Å². The van der Waals surface area contributed by atoms with Gasteiger partial charge in [-0.2, -0.15) is 0 Å². The standard InChI is InChI=1S/C35H66O15/c1-4-7-8-33(5-2)35(37)50-32-30-48-28-26-46-24-22-44-20-18-42-16-14-40-12-10-38-9-11-39-13-15-41-17-19-43-21-23-45-25-27-47-29-31-49-34(36)6-3/h6,33H,3-5,7-32H2,1-2H3. The summed E-state index contributed by atoms with van der Waals surface area (Å²) in [6.07, 6.45) is 4.93. The summed E-state index contributed by atoms with van der Waals surface area (Å²) in [5.41, 5.74) is 0. The Morgan fingerprint density at radius 2 is 0.700 bits per heavy atom. The highest BCUT2D eigenvalue weighted by Gasteiger charge is 2.16. The molecule has 50 heavy (non-hydrogen) atoms. The van der Waals surface area contributed by atoms with Crippen LogP contribution >= 0.6 is 0 Å². The molecular formula is C35H66O15. The molecule has 296 valence electrons. The van der Waals surface area contributed by atoms with E-state index in [0.29, 0.717) is 145 Å². The topological polar surface area (TPSA) is 154 Å². The highest BCUT2D eigenvalue weighted by atomic mass is 16.6. The number of hydrogen-bond donors (Lipinski definition) is 0. The summed E-state index contributed by atoms with van der Waals surface area (Å²) in [6.45, 7) is 18.1. The Bertz CT molecular complexity index is 728. The van der Waals surface area contributed by atoms with Crippen LogP contribution in [0.25, 0.3) is 0 Å². The molecule has 0 N–H and O–H groups in total. The predicted molar refractivity (Wildman–Crippen MR) is 184 cm³/mol. The van der Waals surface area contributed by atoms with Crippen molar-refractivity contribution in [1.29, 1.82) is 0 Å². The van der Waals surface area contributed by atoms with Gasteiger partial charge in [0, 0.05) is 6.08 Å². The molecular weight excluding hydrogens is 660 g/mol. The average molecular weight is 727 g/mol. The lowest BCUT2D eigenvalue weighted by Crippen LogP contribution is -2.20. The maximum Gasteiger partial charge on any atom is 0.330 e. The van der Waals surface area contributed by atoms with Crippen molar-refractivity contribution in [3.8, 4) is 0 Å². The summed E-state index contributed by atoms with van der Waals surface area (Å²) in [5.74, 6) is -0.595. The average Bonchev–Trinajstić information content (AvgIpc) is 3.13. The van der Waals surface area contributed by atoms with E-state index >= 15 is 0 Å². The second-order valence-corrected chi connectivity index (χ2v) is 10.5. The van der Waals surface area contributed by atoms with E-state index in [1.165, 1.54) is 0 Å². The van der Waals surface area contributed by atoms with Crippen LogP contribution in [0.15, 0.2) is 12.7 Å². The molecule has 0 saturated heterocycles. The van der Waals surface area contributed by atoms with Crippen molar-refractivity contribution in [3.05, 3.63) is 12.7 Å². The Morgan fingerprint density at radius 1 is 0.440 bits per heavy atom. The van der Waals surface area contributed by atoms with Crippen LogP contribution in [0.5, 0.6) is 0 Å². The molecule has 0 heterocycles. The molecule has 1 unspecified atom stereocenters. The highest BCUT2D eigenvalue weighted by Crippen LogP contribution is 2.14. The first kappa shape index (κ1) is 48.2. The molecule has 0 aromatic heterocycles. The van der Waals surface area contributed by atoms with E-state index in [0.717, 1.165) is 31.8 Å². The monoisotopic (exact) mass is 726 g/mol. The van der Waals surface area contributed by atoms with E-state index in [9.17, 15) is 9.59 Å². The molecule has 0 saturated carbocycles. The first-order valence-corrected chi connectivity index (χ1v) is 18.0. The van der Waals surface area contributed by atoms with Gasteiger partial charge in [0.2, 0.25) is 0 Å². The van der Waals surface area contributed by atoms with Crippen LogP contribution in [0.4, 0.5) is 0 Å². The number of esters is 2. The number of hydrogen-bond acceptors (Lipinski definition) is 15. The quantitative estimate of drug-likeness (QED) is 0.0514. The van der Waals surface area contributed by atoms with Gasteiger partial charge in [-0.05, 0) is 12.8 Å². The highest BCUT2D eigenvalue weighted by molar-refractivity contribution is 5.81. The zero-order valence-corrected chi connectivity index (χ0v) is 30.8. The Balaban J connectivity index is 3.14. The third kappa shape index (κ3) is 37.5. The van der Waals surface area contributed by atoms with Crippen LogP contribution in [-0.2, 0) is 71.2 Å². The molecule has 0 amide bonds. The predicted octanol–water partition coefficient (Wildman–Crippen LogP) is 2.66. The van der Waals surface area contributed by atoms with Crippen molar-refractivity contribution >= 4 is 11.9 Å². The Morgan fingerprint density at radius 3 is 0.940 bits per heavy atom. The van der Waals surface area contributed by atoms with Crippen LogP contribution in [-0.4, -0.2) is 171 Å². The van der Waals surface area contributed by atoms with E-state index in [-0.39, 0.29) is 25.1 Å². The van der Waals surface area contributed by atoms with Crippen molar-refractivity contribution in [2.45, 2.75) is 39.5 Å². The summed E-state index contributed by atoms with van der Waals surface area (Å²) in [4.78, 5) is 22.9. The molecule has 0 aliphatic rings. The van der Waals surface area contributed by atoms with Gasteiger partial charge < -0.3 is 61.6 Å². The third-order valence-corrected chi connectivity index (χ3v) is 6.56. The number of carbonyl (C=O) groups is 2. The largest absolute Gasteiger partial charge is 0.463 e. The molecule has 1 atom stereocenters. The van der Waals surface area contributed by atoms with E-state index in [1.54, 1.807) is 0 Å². The van der Waals surface area contributed by atoms with Crippen molar-refractivity contribution < 1.29 is 71.2 Å². The molecule has 15 nitrogen and oxygen atoms in total. The van der Waals surface area contributed by atoms with E-state index < -0.39 is 5.97 Å². The minimum atomic E-state index is -0.462. The van der Waals surface area contributed by atoms with E-state index in [4.69, 9.17) is 61.6 Å². The lowest BCUT2D eigenvalue weighted by Gasteiger charge is -2.13. The van der Waals surface area contributed by atoms with E-state index in [2.05, 4.69) is 13.5 Å². The summed E-state index contributed by atoms with van der Waals surface area (Å²) in [5, 5.41) is 0. The third-order valence-electron chi connectivity index (χ3n) is 6.56. The smallest absolute Gasteiger partial charge is 0.330 e. The SMILES string of the molecule is C=CC(=O)OCCOCCOCCOCCOCCOCCOCCOCCOCCOCCOCCOCCOC(=O)C(CC)CCCC. The zero-order valence-electron chi connectivity index (χ0n) is 30.8. The van der Waals surface area contributed by atoms with Gasteiger partial charge in [0.1, 0.15) is 13.2 Å². The van der Waals surface area contributed by atoms with Gasteiger partial charge in [-0.15, -0.1) is 0 Å². The lowest BCUT2D eigenvalue weighted by atomic mass is 10.00. The fourth-order valence-electron chi connectivity index (χ4n) is 3.82. The fourth-order valence-corrected chi connectivity index (χ4v) is 3.82. The molecule has 0 bridgehead atoms. The van der Waals surface area contributed by atoms with Crippen LogP contribution in [0, 0.1) is 5.92 Å². The van der Waals surface area contributed by atoms with Gasteiger partial charge in [-0.25, -0.2) is 4.79 Å². The van der Waals surface area contributed by atoms with Gasteiger partial charge in [0.05, 0.1) is 151 Å². The summed E-state index contributed by atoms with van der Waals surface area (Å²) >= 11 is 0. The Hall–Kier alpha value is -1.76. The molecule has 0 aromatic carbocycles. The van der Waals surface area contributed by atoms with Crippen LogP contribution in [0.3, 0.4) is 0 Å². The number of ether oxygens (including phenoxy) is 13. The first-order chi connectivity index (χ1) is 24.7. The maximum absolute atomic E-state index is 12.0. The molecule has 0 fully saturated rings. The lowest BCUT2D eigenvalue weighted by molar-refractivity contribution is -0.150. The molecule has 0 aromatic rings.